The number of carbonyl (C=O) groups is 1. The fourth-order valence-electron chi connectivity index (χ4n) is 2.19. The van der Waals surface area contributed by atoms with Crippen LogP contribution in [0, 0.1) is 18.3 Å². The van der Waals surface area contributed by atoms with Gasteiger partial charge >= 0.3 is 5.97 Å². The van der Waals surface area contributed by atoms with E-state index in [-0.39, 0.29) is 12.1 Å². The van der Waals surface area contributed by atoms with E-state index in [0.29, 0.717) is 18.7 Å². The predicted molar refractivity (Wildman–Crippen MR) is 86.8 cm³/mol. The maximum atomic E-state index is 12.4. The van der Waals surface area contributed by atoms with Gasteiger partial charge in [0.05, 0.1) is 12.3 Å². The summed E-state index contributed by atoms with van der Waals surface area (Å²) in [6.45, 7) is 3.97. The number of ether oxygens (including phenoxy) is 1. The van der Waals surface area contributed by atoms with Gasteiger partial charge in [-0.2, -0.15) is 5.26 Å². The molecule has 0 unspecified atom stereocenters. The number of pyridine rings is 1. The summed E-state index contributed by atoms with van der Waals surface area (Å²) in [5.41, 5.74) is 2.00. The first-order valence-corrected chi connectivity index (χ1v) is 7.43. The second-order valence-electron chi connectivity index (χ2n) is 5.22. The number of carbonyl (C=O) groups excluding carboxylic acids is 1. The molecule has 5 heteroatoms. The molecule has 0 atom stereocenters. The fraction of sp³-hybridized carbons (Fsp3) is 0.278. The van der Waals surface area contributed by atoms with Crippen LogP contribution in [-0.2, 0) is 16.1 Å². The summed E-state index contributed by atoms with van der Waals surface area (Å²) in [6, 6.07) is 12.6. The maximum absolute atomic E-state index is 12.4. The van der Waals surface area contributed by atoms with Crippen molar-refractivity contribution in [3.05, 3.63) is 57.9 Å². The van der Waals surface area contributed by atoms with Crippen molar-refractivity contribution in [2.45, 2.75) is 26.8 Å². The van der Waals surface area contributed by atoms with Crippen molar-refractivity contribution in [2.75, 3.05) is 6.61 Å². The van der Waals surface area contributed by atoms with Gasteiger partial charge in [0.2, 0.25) is 0 Å². The van der Waals surface area contributed by atoms with Crippen LogP contribution in [-0.4, -0.2) is 17.1 Å². The second-order valence-corrected chi connectivity index (χ2v) is 5.22. The Labute approximate surface area is 134 Å². The summed E-state index contributed by atoms with van der Waals surface area (Å²) in [6.07, 6.45) is 0.712. The molecule has 0 spiro atoms. The summed E-state index contributed by atoms with van der Waals surface area (Å²) in [5, 5.41) is 9.04. The minimum atomic E-state index is -0.489. The zero-order valence-electron chi connectivity index (χ0n) is 13.2. The zero-order valence-corrected chi connectivity index (χ0v) is 13.2. The van der Waals surface area contributed by atoms with Crippen molar-refractivity contribution in [2.24, 2.45) is 0 Å². The molecular formula is C18H18N2O3. The van der Waals surface area contributed by atoms with Crippen molar-refractivity contribution >= 4 is 5.97 Å². The van der Waals surface area contributed by atoms with Crippen molar-refractivity contribution < 1.29 is 9.53 Å². The third kappa shape index (κ3) is 3.86. The Kier molecular flexibility index (Phi) is 5.32. The van der Waals surface area contributed by atoms with E-state index in [1.807, 2.05) is 44.2 Å². The lowest BCUT2D eigenvalue weighted by molar-refractivity contribution is -0.144. The topological polar surface area (TPSA) is 72.1 Å². The van der Waals surface area contributed by atoms with E-state index in [9.17, 15) is 9.59 Å². The molecule has 0 aliphatic rings. The number of nitrogens with zero attached hydrogens (tertiary/aromatic N) is 2. The molecule has 1 heterocycles. The standard InChI is InChI=1S/C18H18N2O3/c1-3-10-23-17(21)12-20-16(9-8-15(11-19)18(20)22)14-6-4-13(2)5-7-14/h4-9H,3,10,12H2,1-2H3. The summed E-state index contributed by atoms with van der Waals surface area (Å²) in [5.74, 6) is -0.489. The molecule has 0 saturated carbocycles. The van der Waals surface area contributed by atoms with Gasteiger partial charge in [0, 0.05) is 0 Å². The maximum Gasteiger partial charge on any atom is 0.326 e. The van der Waals surface area contributed by atoms with Gasteiger partial charge in [-0.3, -0.25) is 14.2 Å². The third-order valence-electron chi connectivity index (χ3n) is 3.40. The molecular weight excluding hydrogens is 292 g/mol. The fourth-order valence-corrected chi connectivity index (χ4v) is 2.19. The molecule has 118 valence electrons. The van der Waals surface area contributed by atoms with Gasteiger partial charge in [-0.05, 0) is 31.0 Å². The van der Waals surface area contributed by atoms with Crippen LogP contribution >= 0.6 is 0 Å². The minimum absolute atomic E-state index is 0.00385. The van der Waals surface area contributed by atoms with E-state index >= 15 is 0 Å². The Balaban J connectivity index is 2.48. The first-order valence-electron chi connectivity index (χ1n) is 7.43. The predicted octanol–water partition coefficient (Wildman–Crippen LogP) is 2.65. The largest absolute Gasteiger partial charge is 0.464 e. The van der Waals surface area contributed by atoms with Crippen LogP contribution < -0.4 is 5.56 Å². The molecule has 0 radical (unpaired) electrons. The zero-order chi connectivity index (χ0) is 16.8. The molecule has 0 bridgehead atoms. The molecule has 0 saturated heterocycles. The number of esters is 1. The van der Waals surface area contributed by atoms with Crippen molar-refractivity contribution in [1.29, 1.82) is 5.26 Å². The lowest BCUT2D eigenvalue weighted by Crippen LogP contribution is -2.28. The minimum Gasteiger partial charge on any atom is -0.464 e. The number of hydrogen-bond acceptors (Lipinski definition) is 4. The Morgan fingerprint density at radius 1 is 1.22 bits per heavy atom. The summed E-state index contributed by atoms with van der Waals surface area (Å²) in [4.78, 5) is 24.3. The van der Waals surface area contributed by atoms with E-state index < -0.39 is 11.5 Å². The van der Waals surface area contributed by atoms with Crippen LogP contribution in [0.2, 0.25) is 0 Å². The Morgan fingerprint density at radius 2 is 1.91 bits per heavy atom. The van der Waals surface area contributed by atoms with E-state index in [1.165, 1.54) is 10.6 Å². The number of aromatic nitrogens is 1. The molecule has 0 amide bonds. The van der Waals surface area contributed by atoms with Crippen molar-refractivity contribution in [1.82, 2.24) is 4.57 Å². The van der Waals surface area contributed by atoms with Gasteiger partial charge in [0.1, 0.15) is 18.2 Å². The van der Waals surface area contributed by atoms with Crippen LogP contribution in [0.25, 0.3) is 11.3 Å². The molecule has 5 nitrogen and oxygen atoms in total. The smallest absolute Gasteiger partial charge is 0.326 e. The molecule has 0 N–H and O–H groups in total. The second kappa shape index (κ2) is 7.41. The van der Waals surface area contributed by atoms with Crippen LogP contribution in [0.5, 0.6) is 0 Å². The molecule has 2 aromatic rings. The summed E-state index contributed by atoms with van der Waals surface area (Å²) >= 11 is 0. The van der Waals surface area contributed by atoms with Gasteiger partial charge in [0.15, 0.2) is 0 Å². The highest BCUT2D eigenvalue weighted by Crippen LogP contribution is 2.19. The van der Waals surface area contributed by atoms with Crippen LogP contribution in [0.3, 0.4) is 0 Å². The average Bonchev–Trinajstić information content (AvgIpc) is 2.55. The van der Waals surface area contributed by atoms with Crippen LogP contribution in [0.4, 0.5) is 0 Å². The SMILES string of the molecule is CCCOC(=O)Cn1c(-c2ccc(C)cc2)ccc(C#N)c1=O. The average molecular weight is 310 g/mol. The first-order chi connectivity index (χ1) is 11.1. The number of aryl methyl sites for hydroxylation is 1. The Hall–Kier alpha value is -2.87. The molecule has 23 heavy (non-hydrogen) atoms. The monoisotopic (exact) mass is 310 g/mol. The van der Waals surface area contributed by atoms with Gasteiger partial charge < -0.3 is 4.74 Å². The van der Waals surface area contributed by atoms with E-state index in [1.54, 1.807) is 6.07 Å². The van der Waals surface area contributed by atoms with Gasteiger partial charge in [-0.1, -0.05) is 36.8 Å². The van der Waals surface area contributed by atoms with E-state index in [2.05, 4.69) is 0 Å². The Morgan fingerprint density at radius 3 is 2.52 bits per heavy atom. The molecule has 1 aromatic carbocycles. The van der Waals surface area contributed by atoms with Gasteiger partial charge in [0.25, 0.3) is 5.56 Å². The summed E-state index contributed by atoms with van der Waals surface area (Å²) < 4.78 is 6.34. The molecule has 0 aliphatic carbocycles. The van der Waals surface area contributed by atoms with Crippen molar-refractivity contribution in [3.63, 3.8) is 0 Å². The number of benzene rings is 1. The van der Waals surface area contributed by atoms with E-state index in [0.717, 1.165) is 11.1 Å². The van der Waals surface area contributed by atoms with Gasteiger partial charge in [-0.15, -0.1) is 0 Å². The Bertz CT molecular complexity index is 798. The first kappa shape index (κ1) is 16.5. The van der Waals surface area contributed by atoms with Crippen LogP contribution in [0.1, 0.15) is 24.5 Å². The van der Waals surface area contributed by atoms with Crippen LogP contribution in [0.15, 0.2) is 41.2 Å². The highest BCUT2D eigenvalue weighted by molar-refractivity contribution is 5.71. The highest BCUT2D eigenvalue weighted by atomic mass is 16.5. The molecule has 2 rings (SSSR count). The lowest BCUT2D eigenvalue weighted by atomic mass is 10.1. The normalized spacial score (nSPS) is 10.1. The highest BCUT2D eigenvalue weighted by Gasteiger charge is 2.14. The molecule has 0 fully saturated rings. The van der Waals surface area contributed by atoms with E-state index in [4.69, 9.17) is 10.00 Å². The molecule has 0 aliphatic heterocycles. The van der Waals surface area contributed by atoms with Gasteiger partial charge in [-0.25, -0.2) is 0 Å². The number of hydrogen-bond donors (Lipinski definition) is 0. The summed E-state index contributed by atoms with van der Waals surface area (Å²) in [7, 11) is 0. The molecule has 1 aromatic heterocycles. The quantitative estimate of drug-likeness (QED) is 0.796. The number of nitriles is 1. The lowest BCUT2D eigenvalue weighted by Gasteiger charge is -2.13. The number of rotatable bonds is 5. The van der Waals surface area contributed by atoms with Crippen molar-refractivity contribution in [3.8, 4) is 17.3 Å². The third-order valence-corrected chi connectivity index (χ3v) is 3.40.